The van der Waals surface area contributed by atoms with Gasteiger partial charge in [0.1, 0.15) is 6.04 Å². The number of para-hydroxylation sites is 1. The van der Waals surface area contributed by atoms with Gasteiger partial charge in [-0.15, -0.1) is 0 Å². The standard InChI is InChI=1S/C21H18ClN3/c1-14-20(16-9-3-5-11-18(16)24-14)21(15-8-2-4-10-17(15)22)25-19-12-6-7-13-23-19/h2-13,21,24H,1H3,(H,23,25)/p+1/t21-/m1/s1. The second kappa shape index (κ2) is 6.61. The SMILES string of the molecule is Cc1[nH]c2ccccc2c1[C@H](Nc1cccc[nH+]1)c1ccccc1Cl. The number of anilines is 1. The summed E-state index contributed by atoms with van der Waals surface area (Å²) in [6.45, 7) is 2.11. The summed E-state index contributed by atoms with van der Waals surface area (Å²) in [5.74, 6) is 0.942. The van der Waals surface area contributed by atoms with Crippen LogP contribution in [0, 0.1) is 6.92 Å². The molecule has 0 aliphatic rings. The van der Waals surface area contributed by atoms with Crippen LogP contribution in [0.25, 0.3) is 10.9 Å². The van der Waals surface area contributed by atoms with Crippen molar-refractivity contribution in [3.63, 3.8) is 0 Å². The Morgan fingerprint density at radius 1 is 0.960 bits per heavy atom. The van der Waals surface area contributed by atoms with Crippen molar-refractivity contribution in [3.8, 4) is 0 Å². The summed E-state index contributed by atoms with van der Waals surface area (Å²) in [7, 11) is 0. The minimum atomic E-state index is -0.0662. The molecule has 2 aromatic heterocycles. The Kier molecular flexibility index (Phi) is 4.16. The Morgan fingerprint density at radius 2 is 1.72 bits per heavy atom. The van der Waals surface area contributed by atoms with Crippen molar-refractivity contribution in [3.05, 3.63) is 94.8 Å². The Morgan fingerprint density at radius 3 is 2.52 bits per heavy atom. The van der Waals surface area contributed by atoms with Crippen molar-refractivity contribution < 1.29 is 4.98 Å². The van der Waals surface area contributed by atoms with Gasteiger partial charge in [-0.1, -0.05) is 54.1 Å². The lowest BCUT2D eigenvalue weighted by atomic mass is 9.96. The number of nitrogens with one attached hydrogen (secondary N) is 3. The van der Waals surface area contributed by atoms with Gasteiger partial charge in [0, 0.05) is 38.8 Å². The number of hydrogen-bond acceptors (Lipinski definition) is 1. The summed E-state index contributed by atoms with van der Waals surface area (Å²) >= 11 is 6.55. The number of H-pyrrole nitrogens is 2. The van der Waals surface area contributed by atoms with E-state index in [0.717, 1.165) is 27.6 Å². The topological polar surface area (TPSA) is 42.0 Å². The fraction of sp³-hybridized carbons (Fsp3) is 0.0952. The van der Waals surface area contributed by atoms with Crippen LogP contribution in [0.15, 0.2) is 72.9 Å². The molecule has 0 aliphatic heterocycles. The molecule has 0 radical (unpaired) electrons. The average molecular weight is 349 g/mol. The van der Waals surface area contributed by atoms with Gasteiger partial charge in [-0.2, -0.15) is 0 Å². The second-order valence-electron chi connectivity index (χ2n) is 6.08. The molecule has 0 bridgehead atoms. The van der Waals surface area contributed by atoms with E-state index in [1.54, 1.807) is 0 Å². The van der Waals surface area contributed by atoms with Crippen LogP contribution in [-0.4, -0.2) is 4.98 Å². The summed E-state index contributed by atoms with van der Waals surface area (Å²) in [5.41, 5.74) is 4.52. The highest BCUT2D eigenvalue weighted by atomic mass is 35.5. The number of aromatic nitrogens is 2. The molecule has 0 fully saturated rings. The zero-order valence-electron chi connectivity index (χ0n) is 13.9. The van der Waals surface area contributed by atoms with Gasteiger partial charge in [-0.3, -0.25) is 5.32 Å². The molecular weight excluding hydrogens is 330 g/mol. The van der Waals surface area contributed by atoms with Crippen LogP contribution in [0.4, 0.5) is 5.82 Å². The van der Waals surface area contributed by atoms with Crippen LogP contribution in [0.1, 0.15) is 22.9 Å². The van der Waals surface area contributed by atoms with Gasteiger partial charge in [0.05, 0.1) is 6.20 Å². The molecule has 0 saturated carbocycles. The molecule has 1 atom stereocenters. The van der Waals surface area contributed by atoms with E-state index >= 15 is 0 Å². The van der Waals surface area contributed by atoms with Gasteiger partial charge in [0.15, 0.2) is 0 Å². The molecule has 124 valence electrons. The Bertz CT molecular complexity index is 1010. The summed E-state index contributed by atoms with van der Waals surface area (Å²) in [4.78, 5) is 6.74. The Labute approximate surface area is 151 Å². The van der Waals surface area contributed by atoms with E-state index in [1.165, 1.54) is 10.9 Å². The van der Waals surface area contributed by atoms with Crippen molar-refractivity contribution in [1.29, 1.82) is 0 Å². The lowest BCUT2D eigenvalue weighted by Crippen LogP contribution is -2.19. The first-order valence-electron chi connectivity index (χ1n) is 8.29. The molecule has 4 heteroatoms. The minimum absolute atomic E-state index is 0.0662. The van der Waals surface area contributed by atoms with E-state index in [4.69, 9.17) is 11.6 Å². The first-order valence-corrected chi connectivity index (χ1v) is 8.67. The summed E-state index contributed by atoms with van der Waals surface area (Å²) < 4.78 is 0. The highest BCUT2D eigenvalue weighted by molar-refractivity contribution is 6.31. The molecule has 2 heterocycles. The number of rotatable bonds is 4. The lowest BCUT2D eigenvalue weighted by molar-refractivity contribution is -0.361. The smallest absolute Gasteiger partial charge is 0.272 e. The Hall–Kier alpha value is -2.78. The molecule has 0 spiro atoms. The van der Waals surface area contributed by atoms with Gasteiger partial charge in [0.25, 0.3) is 5.82 Å². The number of aryl methyl sites for hydroxylation is 1. The summed E-state index contributed by atoms with van der Waals surface area (Å²) in [6.07, 6.45) is 1.91. The molecule has 0 unspecified atom stereocenters. The Balaban J connectivity index is 1.91. The van der Waals surface area contributed by atoms with Crippen LogP contribution in [0.3, 0.4) is 0 Å². The zero-order valence-corrected chi connectivity index (χ0v) is 14.6. The van der Waals surface area contributed by atoms with Gasteiger partial charge in [0.2, 0.25) is 0 Å². The number of benzene rings is 2. The number of aromatic amines is 2. The second-order valence-corrected chi connectivity index (χ2v) is 6.49. The maximum absolute atomic E-state index is 6.55. The molecule has 3 N–H and O–H groups in total. The number of hydrogen-bond donors (Lipinski definition) is 2. The maximum atomic E-state index is 6.55. The normalized spacial score (nSPS) is 12.2. The fourth-order valence-electron chi connectivity index (χ4n) is 3.32. The predicted octanol–water partition coefficient (Wildman–Crippen LogP) is 5.15. The van der Waals surface area contributed by atoms with Crippen LogP contribution in [-0.2, 0) is 0 Å². The monoisotopic (exact) mass is 348 g/mol. The number of pyridine rings is 1. The van der Waals surface area contributed by atoms with Gasteiger partial charge in [-0.05, 0) is 25.1 Å². The molecule has 0 aliphatic carbocycles. The van der Waals surface area contributed by atoms with Gasteiger partial charge >= 0.3 is 0 Å². The van der Waals surface area contributed by atoms with Crippen LogP contribution in [0.2, 0.25) is 5.02 Å². The van der Waals surface area contributed by atoms with E-state index in [0.29, 0.717) is 0 Å². The van der Waals surface area contributed by atoms with Crippen molar-refractivity contribution in [2.24, 2.45) is 0 Å². The molecular formula is C21H19ClN3+. The fourth-order valence-corrected chi connectivity index (χ4v) is 3.57. The molecule has 0 saturated heterocycles. The minimum Gasteiger partial charge on any atom is -0.358 e. The van der Waals surface area contributed by atoms with E-state index in [2.05, 4.69) is 46.5 Å². The van der Waals surface area contributed by atoms with E-state index in [9.17, 15) is 0 Å². The predicted molar refractivity (Wildman–Crippen MR) is 103 cm³/mol. The molecule has 2 aromatic carbocycles. The lowest BCUT2D eigenvalue weighted by Gasteiger charge is -2.17. The van der Waals surface area contributed by atoms with Gasteiger partial charge < -0.3 is 4.98 Å². The van der Waals surface area contributed by atoms with Crippen LogP contribution < -0.4 is 10.3 Å². The molecule has 3 nitrogen and oxygen atoms in total. The zero-order chi connectivity index (χ0) is 17.2. The van der Waals surface area contributed by atoms with E-state index in [-0.39, 0.29) is 6.04 Å². The summed E-state index contributed by atoms with van der Waals surface area (Å²) in [5, 5.41) is 5.56. The van der Waals surface area contributed by atoms with Crippen molar-refractivity contribution in [2.75, 3.05) is 5.32 Å². The first-order chi connectivity index (χ1) is 12.2. The quantitative estimate of drug-likeness (QED) is 0.526. The number of halogens is 1. The average Bonchev–Trinajstić information content (AvgIpc) is 2.97. The van der Waals surface area contributed by atoms with Crippen molar-refractivity contribution >= 4 is 28.3 Å². The van der Waals surface area contributed by atoms with Crippen LogP contribution in [0.5, 0.6) is 0 Å². The molecule has 0 amide bonds. The molecule has 25 heavy (non-hydrogen) atoms. The molecule has 4 aromatic rings. The highest BCUT2D eigenvalue weighted by Crippen LogP contribution is 2.36. The summed E-state index contributed by atoms with van der Waals surface area (Å²) in [6, 6.07) is 22.3. The largest absolute Gasteiger partial charge is 0.358 e. The van der Waals surface area contributed by atoms with E-state index < -0.39 is 0 Å². The third-order valence-corrected chi connectivity index (χ3v) is 4.80. The maximum Gasteiger partial charge on any atom is 0.272 e. The molecule has 4 rings (SSSR count). The third-order valence-electron chi connectivity index (χ3n) is 4.46. The van der Waals surface area contributed by atoms with Crippen LogP contribution >= 0.6 is 11.6 Å². The van der Waals surface area contributed by atoms with Crippen molar-refractivity contribution in [2.45, 2.75) is 13.0 Å². The van der Waals surface area contributed by atoms with Gasteiger partial charge in [-0.25, -0.2) is 4.98 Å². The third kappa shape index (κ3) is 2.99. The van der Waals surface area contributed by atoms with Crippen molar-refractivity contribution in [1.82, 2.24) is 4.98 Å². The first kappa shape index (κ1) is 15.7. The van der Waals surface area contributed by atoms with E-state index in [1.807, 2.05) is 48.7 Å². The number of fused-ring (bicyclic) bond motifs is 1. The highest BCUT2D eigenvalue weighted by Gasteiger charge is 2.26.